The fourth-order valence-corrected chi connectivity index (χ4v) is 0.586. The summed E-state index contributed by atoms with van der Waals surface area (Å²) in [7, 11) is 3.65. The molecule has 0 radical (unpaired) electrons. The Bertz CT molecular complexity index is 185. The maximum Gasteiger partial charge on any atom is 0.157 e. The van der Waals surface area contributed by atoms with E-state index in [1.165, 1.54) is 6.34 Å². The Kier molecular flexibility index (Phi) is 6.49. The zero-order valence-electron chi connectivity index (χ0n) is 8.44. The van der Waals surface area contributed by atoms with E-state index in [0.29, 0.717) is 6.54 Å². The van der Waals surface area contributed by atoms with Crippen molar-refractivity contribution in [1.82, 2.24) is 10.3 Å². The third-order valence-corrected chi connectivity index (χ3v) is 1.17. The zero-order valence-corrected chi connectivity index (χ0v) is 8.44. The van der Waals surface area contributed by atoms with Crippen LogP contribution in [0.3, 0.4) is 0 Å². The summed E-state index contributed by atoms with van der Waals surface area (Å²) in [5, 5.41) is 16.2. The average Bonchev–Trinajstić information content (AvgIpc) is 2.03. The van der Waals surface area contributed by atoms with Gasteiger partial charge < -0.3 is 10.3 Å². The molecule has 0 heterocycles. The van der Waals surface area contributed by atoms with Gasteiger partial charge in [0.15, 0.2) is 6.34 Å². The van der Waals surface area contributed by atoms with Crippen LogP contribution in [0.2, 0.25) is 0 Å². The summed E-state index contributed by atoms with van der Waals surface area (Å²) in [6, 6.07) is 0.258. The minimum absolute atomic E-state index is 0.258. The van der Waals surface area contributed by atoms with E-state index in [9.17, 15) is 0 Å². The van der Waals surface area contributed by atoms with E-state index >= 15 is 0 Å². The van der Waals surface area contributed by atoms with Gasteiger partial charge in [0.25, 0.3) is 0 Å². The summed E-state index contributed by atoms with van der Waals surface area (Å²) in [6.07, 6.45) is 3.06. The quantitative estimate of drug-likeness (QED) is 0.290. The highest BCUT2D eigenvalue weighted by Crippen LogP contribution is 1.83. The standard InChI is InChI=1S/C8H17N5/c1-5-9-8(2)6-10-11-7-12-13(3)4/h5,7-9H,1,6H2,2-4H3/b11-10?,12-7+/t8-/m0/s1. The fraction of sp³-hybridized carbons (Fsp3) is 0.625. The summed E-state index contributed by atoms with van der Waals surface area (Å²) in [6.45, 7) is 6.17. The van der Waals surface area contributed by atoms with E-state index in [0.717, 1.165) is 0 Å². The maximum atomic E-state index is 3.90. The van der Waals surface area contributed by atoms with Crippen LogP contribution in [0.5, 0.6) is 0 Å². The Morgan fingerprint density at radius 1 is 1.54 bits per heavy atom. The van der Waals surface area contributed by atoms with Crippen molar-refractivity contribution >= 4 is 6.34 Å². The molecule has 5 nitrogen and oxygen atoms in total. The van der Waals surface area contributed by atoms with E-state index in [-0.39, 0.29) is 6.04 Å². The molecule has 0 spiro atoms. The van der Waals surface area contributed by atoms with Gasteiger partial charge in [0, 0.05) is 20.1 Å². The van der Waals surface area contributed by atoms with Crippen LogP contribution in [0.4, 0.5) is 0 Å². The molecule has 0 fully saturated rings. The molecular formula is C8H17N5. The lowest BCUT2D eigenvalue weighted by Crippen LogP contribution is -2.22. The van der Waals surface area contributed by atoms with Gasteiger partial charge in [-0.25, -0.2) is 0 Å². The number of rotatable bonds is 6. The zero-order chi connectivity index (χ0) is 10.1. The molecule has 0 amide bonds. The first-order valence-corrected chi connectivity index (χ1v) is 4.10. The monoisotopic (exact) mass is 183 g/mol. The van der Waals surface area contributed by atoms with Gasteiger partial charge in [0.2, 0.25) is 0 Å². The van der Waals surface area contributed by atoms with E-state index in [1.807, 2.05) is 21.0 Å². The van der Waals surface area contributed by atoms with Gasteiger partial charge >= 0.3 is 0 Å². The minimum atomic E-state index is 0.258. The number of nitrogens with zero attached hydrogens (tertiary/aromatic N) is 4. The highest BCUT2D eigenvalue weighted by molar-refractivity contribution is 5.53. The molecule has 0 aliphatic rings. The van der Waals surface area contributed by atoms with Gasteiger partial charge in [-0.2, -0.15) is 10.2 Å². The molecule has 0 aliphatic heterocycles. The van der Waals surface area contributed by atoms with Crippen LogP contribution in [0.1, 0.15) is 6.92 Å². The minimum Gasteiger partial charge on any atom is -0.387 e. The Hall–Kier alpha value is -1.39. The lowest BCUT2D eigenvalue weighted by molar-refractivity contribution is 0.439. The number of hydrazone groups is 1. The molecule has 1 atom stereocenters. The van der Waals surface area contributed by atoms with Crippen molar-refractivity contribution < 1.29 is 0 Å². The van der Waals surface area contributed by atoms with E-state index in [1.54, 1.807) is 11.2 Å². The molecule has 5 heteroatoms. The van der Waals surface area contributed by atoms with Crippen LogP contribution in [0, 0.1) is 0 Å². The number of azo groups is 1. The van der Waals surface area contributed by atoms with Crippen LogP contribution in [0.25, 0.3) is 0 Å². The number of nitrogens with one attached hydrogen (secondary N) is 1. The first-order chi connectivity index (χ1) is 6.16. The van der Waals surface area contributed by atoms with Gasteiger partial charge in [0.05, 0.1) is 6.54 Å². The highest BCUT2D eigenvalue weighted by atomic mass is 15.4. The molecule has 0 saturated carbocycles. The van der Waals surface area contributed by atoms with Crippen LogP contribution in [-0.4, -0.2) is 38.0 Å². The molecule has 0 unspecified atom stereocenters. The normalized spacial score (nSPS) is 13.5. The summed E-state index contributed by atoms with van der Waals surface area (Å²) < 4.78 is 0. The van der Waals surface area contributed by atoms with Gasteiger partial charge in [-0.15, -0.1) is 5.11 Å². The molecule has 0 aromatic heterocycles. The molecule has 13 heavy (non-hydrogen) atoms. The third-order valence-electron chi connectivity index (χ3n) is 1.17. The van der Waals surface area contributed by atoms with Gasteiger partial charge in [-0.05, 0) is 13.1 Å². The number of hydrogen-bond donors (Lipinski definition) is 1. The molecule has 0 bridgehead atoms. The molecule has 0 rings (SSSR count). The summed E-state index contributed by atoms with van der Waals surface area (Å²) >= 11 is 0. The van der Waals surface area contributed by atoms with E-state index < -0.39 is 0 Å². The van der Waals surface area contributed by atoms with Crippen LogP contribution < -0.4 is 5.32 Å². The van der Waals surface area contributed by atoms with Crippen molar-refractivity contribution in [3.8, 4) is 0 Å². The maximum absolute atomic E-state index is 3.90. The van der Waals surface area contributed by atoms with Gasteiger partial charge in [-0.1, -0.05) is 6.58 Å². The van der Waals surface area contributed by atoms with Crippen molar-refractivity contribution in [2.45, 2.75) is 13.0 Å². The van der Waals surface area contributed by atoms with Gasteiger partial charge in [0.1, 0.15) is 0 Å². The molecule has 0 aromatic carbocycles. The Morgan fingerprint density at radius 2 is 2.23 bits per heavy atom. The second-order valence-electron chi connectivity index (χ2n) is 2.79. The largest absolute Gasteiger partial charge is 0.387 e. The summed E-state index contributed by atoms with van der Waals surface area (Å²) in [4.78, 5) is 0. The van der Waals surface area contributed by atoms with E-state index in [4.69, 9.17) is 0 Å². The predicted molar refractivity (Wildman–Crippen MR) is 54.7 cm³/mol. The Balaban J connectivity index is 3.56. The van der Waals surface area contributed by atoms with E-state index in [2.05, 4.69) is 27.2 Å². The molecule has 0 aliphatic carbocycles. The molecular weight excluding hydrogens is 166 g/mol. The summed E-state index contributed by atoms with van der Waals surface area (Å²) in [5.74, 6) is 0. The van der Waals surface area contributed by atoms with Crippen LogP contribution in [0.15, 0.2) is 28.1 Å². The second-order valence-corrected chi connectivity index (χ2v) is 2.79. The summed E-state index contributed by atoms with van der Waals surface area (Å²) in [5.41, 5.74) is 0. The van der Waals surface area contributed by atoms with Crippen molar-refractivity contribution in [3.63, 3.8) is 0 Å². The first kappa shape index (κ1) is 11.6. The lowest BCUT2D eigenvalue weighted by atomic mass is 10.3. The lowest BCUT2D eigenvalue weighted by Gasteiger charge is -2.05. The smallest absolute Gasteiger partial charge is 0.157 e. The van der Waals surface area contributed by atoms with Crippen molar-refractivity contribution in [2.75, 3.05) is 20.6 Å². The SMILES string of the molecule is C=CN[C@@H](C)CN=N/C=N/N(C)C. The number of hydrogen-bond acceptors (Lipinski definition) is 4. The van der Waals surface area contributed by atoms with Crippen LogP contribution >= 0.6 is 0 Å². The van der Waals surface area contributed by atoms with Crippen molar-refractivity contribution in [2.24, 2.45) is 15.3 Å². The topological polar surface area (TPSA) is 52.4 Å². The van der Waals surface area contributed by atoms with Crippen molar-refractivity contribution in [3.05, 3.63) is 12.8 Å². The Morgan fingerprint density at radius 3 is 2.77 bits per heavy atom. The predicted octanol–water partition coefficient (Wildman–Crippen LogP) is 1.07. The third kappa shape index (κ3) is 8.52. The Labute approximate surface area is 79.2 Å². The fourth-order valence-electron chi connectivity index (χ4n) is 0.586. The van der Waals surface area contributed by atoms with Crippen molar-refractivity contribution in [1.29, 1.82) is 0 Å². The molecule has 1 N–H and O–H groups in total. The second kappa shape index (κ2) is 7.27. The highest BCUT2D eigenvalue weighted by Gasteiger charge is 1.93. The molecule has 74 valence electrons. The van der Waals surface area contributed by atoms with Gasteiger partial charge in [-0.3, -0.25) is 0 Å². The molecule has 0 aromatic rings. The first-order valence-electron chi connectivity index (χ1n) is 4.10. The molecule has 0 saturated heterocycles. The van der Waals surface area contributed by atoms with Crippen LogP contribution in [-0.2, 0) is 0 Å². The average molecular weight is 183 g/mol.